The molecule has 2 atom stereocenters. The summed E-state index contributed by atoms with van der Waals surface area (Å²) in [6, 6.07) is 0. The fraction of sp³-hybridized carbons (Fsp3) is 0.600. The normalized spacial score (nSPS) is 16.2. The van der Waals surface area contributed by atoms with Gasteiger partial charge in [0.15, 0.2) is 0 Å². The van der Waals surface area contributed by atoms with E-state index in [2.05, 4.69) is 59.2 Å². The summed E-state index contributed by atoms with van der Waals surface area (Å²) in [6.07, 6.45) is 11.0. The van der Waals surface area contributed by atoms with Crippen LogP contribution >= 0.6 is 8.58 Å². The standard InChI is InChI=1S/C15H27P/c1-7-9-13(10-8-2)14(12-16-6)11-15(3,4)5/h7-10,14,16H,1,11-12H2,2-6H3/b10-8-,13-9+. The van der Waals surface area contributed by atoms with E-state index in [0.717, 1.165) is 8.58 Å². The lowest BCUT2D eigenvalue weighted by Crippen LogP contribution is -2.16. The summed E-state index contributed by atoms with van der Waals surface area (Å²) < 4.78 is 0. The lowest BCUT2D eigenvalue weighted by molar-refractivity contribution is 0.334. The Morgan fingerprint density at radius 1 is 1.38 bits per heavy atom. The highest BCUT2D eigenvalue weighted by molar-refractivity contribution is 7.37. The van der Waals surface area contributed by atoms with Crippen molar-refractivity contribution in [3.8, 4) is 0 Å². The summed E-state index contributed by atoms with van der Waals surface area (Å²) in [5.74, 6) is 0.678. The van der Waals surface area contributed by atoms with Crippen LogP contribution in [0.15, 0.2) is 36.5 Å². The molecule has 0 amide bonds. The van der Waals surface area contributed by atoms with Crippen LogP contribution in [0.25, 0.3) is 0 Å². The summed E-state index contributed by atoms with van der Waals surface area (Å²) in [6.45, 7) is 15.1. The Morgan fingerprint density at radius 2 is 2.00 bits per heavy atom. The van der Waals surface area contributed by atoms with Gasteiger partial charge in [0.1, 0.15) is 0 Å². The Bertz CT molecular complexity index is 253. The van der Waals surface area contributed by atoms with Gasteiger partial charge in [0.25, 0.3) is 0 Å². The second-order valence-corrected chi connectivity index (χ2v) is 6.54. The molecule has 2 unspecified atom stereocenters. The van der Waals surface area contributed by atoms with Crippen molar-refractivity contribution in [1.29, 1.82) is 0 Å². The van der Waals surface area contributed by atoms with Gasteiger partial charge in [-0.25, -0.2) is 0 Å². The monoisotopic (exact) mass is 238 g/mol. The molecule has 0 aliphatic carbocycles. The van der Waals surface area contributed by atoms with Crippen LogP contribution in [0.3, 0.4) is 0 Å². The predicted molar refractivity (Wildman–Crippen MR) is 79.8 cm³/mol. The third-order valence-corrected chi connectivity index (χ3v) is 3.35. The van der Waals surface area contributed by atoms with Gasteiger partial charge in [0.05, 0.1) is 0 Å². The molecule has 0 aliphatic rings. The largest absolute Gasteiger partial charge is 0.125 e. The minimum absolute atomic E-state index is 0.395. The zero-order chi connectivity index (χ0) is 12.6. The van der Waals surface area contributed by atoms with E-state index in [9.17, 15) is 0 Å². The smallest absolute Gasteiger partial charge is 0.0120 e. The highest BCUT2D eigenvalue weighted by atomic mass is 31.1. The van der Waals surface area contributed by atoms with Crippen LogP contribution in [0.2, 0.25) is 0 Å². The molecule has 0 nitrogen and oxygen atoms in total. The Labute approximate surface area is 104 Å². The third kappa shape index (κ3) is 7.01. The molecule has 0 heterocycles. The van der Waals surface area contributed by atoms with Gasteiger partial charge in [-0.2, -0.15) is 0 Å². The predicted octanol–water partition coefficient (Wildman–Crippen LogP) is 5.04. The minimum atomic E-state index is 0.395. The number of hydrogen-bond acceptors (Lipinski definition) is 0. The Kier molecular flexibility index (Phi) is 7.68. The van der Waals surface area contributed by atoms with Crippen molar-refractivity contribution in [2.45, 2.75) is 34.1 Å². The fourth-order valence-electron chi connectivity index (χ4n) is 1.95. The maximum atomic E-state index is 3.81. The summed E-state index contributed by atoms with van der Waals surface area (Å²) in [5.41, 5.74) is 1.83. The van der Waals surface area contributed by atoms with Crippen LogP contribution in [0.5, 0.6) is 0 Å². The SMILES string of the molecule is C=C/C=C(\C=C/C)C(CPC)CC(C)(C)C. The first-order chi connectivity index (χ1) is 7.44. The van der Waals surface area contributed by atoms with Gasteiger partial charge in [-0.1, -0.05) is 51.7 Å². The van der Waals surface area contributed by atoms with E-state index in [0.29, 0.717) is 11.3 Å². The first kappa shape index (κ1) is 15.7. The van der Waals surface area contributed by atoms with Gasteiger partial charge in [-0.3, -0.25) is 0 Å². The van der Waals surface area contributed by atoms with Crippen LogP contribution in [-0.4, -0.2) is 12.8 Å². The van der Waals surface area contributed by atoms with Gasteiger partial charge < -0.3 is 0 Å². The van der Waals surface area contributed by atoms with Gasteiger partial charge in [-0.15, -0.1) is 8.58 Å². The highest BCUT2D eigenvalue weighted by Crippen LogP contribution is 2.32. The van der Waals surface area contributed by atoms with Crippen molar-refractivity contribution >= 4 is 8.58 Å². The van der Waals surface area contributed by atoms with Crippen molar-refractivity contribution in [1.82, 2.24) is 0 Å². The van der Waals surface area contributed by atoms with E-state index in [1.807, 2.05) is 6.08 Å². The van der Waals surface area contributed by atoms with Crippen LogP contribution in [-0.2, 0) is 0 Å². The van der Waals surface area contributed by atoms with Crippen LogP contribution in [0.1, 0.15) is 34.1 Å². The quantitative estimate of drug-likeness (QED) is 0.449. The van der Waals surface area contributed by atoms with E-state index in [1.165, 1.54) is 18.2 Å². The van der Waals surface area contributed by atoms with Crippen LogP contribution in [0.4, 0.5) is 0 Å². The molecule has 0 aromatic heterocycles. The van der Waals surface area contributed by atoms with Crippen molar-refractivity contribution in [2.24, 2.45) is 11.3 Å². The molecular formula is C15H27P. The topological polar surface area (TPSA) is 0 Å². The van der Waals surface area contributed by atoms with E-state index >= 15 is 0 Å². The van der Waals surface area contributed by atoms with Gasteiger partial charge >= 0.3 is 0 Å². The maximum Gasteiger partial charge on any atom is -0.0120 e. The summed E-state index contributed by atoms with van der Waals surface area (Å²) in [7, 11) is 1.02. The molecule has 0 radical (unpaired) electrons. The van der Waals surface area contributed by atoms with Crippen molar-refractivity contribution in [3.05, 3.63) is 36.5 Å². The molecular weight excluding hydrogens is 211 g/mol. The number of hydrogen-bond donors (Lipinski definition) is 0. The lowest BCUT2D eigenvalue weighted by atomic mass is 9.82. The molecule has 0 saturated heterocycles. The third-order valence-electron chi connectivity index (χ3n) is 2.45. The first-order valence-electron chi connectivity index (χ1n) is 6.04. The van der Waals surface area contributed by atoms with Crippen molar-refractivity contribution < 1.29 is 0 Å². The summed E-state index contributed by atoms with van der Waals surface area (Å²) in [5, 5.41) is 0. The number of allylic oxidation sites excluding steroid dienone is 5. The minimum Gasteiger partial charge on any atom is -0.125 e. The Hall–Kier alpha value is -0.350. The maximum absolute atomic E-state index is 3.81. The van der Waals surface area contributed by atoms with Crippen LogP contribution < -0.4 is 0 Å². The van der Waals surface area contributed by atoms with E-state index in [4.69, 9.17) is 0 Å². The van der Waals surface area contributed by atoms with Gasteiger partial charge in [0.2, 0.25) is 0 Å². The molecule has 16 heavy (non-hydrogen) atoms. The first-order valence-corrected chi connectivity index (χ1v) is 7.75. The molecule has 0 aromatic carbocycles. The Balaban J connectivity index is 4.84. The molecule has 0 spiro atoms. The molecule has 1 heteroatoms. The summed E-state index contributed by atoms with van der Waals surface area (Å²) in [4.78, 5) is 0. The second kappa shape index (κ2) is 7.85. The van der Waals surface area contributed by atoms with E-state index < -0.39 is 0 Å². The zero-order valence-corrected chi connectivity index (χ0v) is 12.5. The fourth-order valence-corrected chi connectivity index (χ4v) is 2.82. The number of rotatable bonds is 6. The van der Waals surface area contributed by atoms with E-state index in [-0.39, 0.29) is 0 Å². The molecule has 0 fully saturated rings. The molecule has 0 rings (SSSR count). The lowest BCUT2D eigenvalue weighted by Gasteiger charge is -2.26. The van der Waals surface area contributed by atoms with Gasteiger partial charge in [0, 0.05) is 0 Å². The second-order valence-electron chi connectivity index (χ2n) is 5.42. The molecule has 0 aromatic rings. The van der Waals surface area contributed by atoms with Gasteiger partial charge in [-0.05, 0) is 43.1 Å². The van der Waals surface area contributed by atoms with Crippen molar-refractivity contribution in [2.75, 3.05) is 12.8 Å². The van der Waals surface area contributed by atoms with Crippen molar-refractivity contribution in [3.63, 3.8) is 0 Å². The highest BCUT2D eigenvalue weighted by Gasteiger charge is 2.19. The zero-order valence-electron chi connectivity index (χ0n) is 11.5. The summed E-state index contributed by atoms with van der Waals surface area (Å²) >= 11 is 0. The molecule has 0 saturated carbocycles. The molecule has 0 N–H and O–H groups in total. The average Bonchev–Trinajstić information content (AvgIpc) is 2.15. The van der Waals surface area contributed by atoms with Crippen LogP contribution in [0, 0.1) is 11.3 Å². The van der Waals surface area contributed by atoms with E-state index in [1.54, 1.807) is 0 Å². The molecule has 0 bridgehead atoms. The molecule has 92 valence electrons. The average molecular weight is 238 g/mol. The Morgan fingerprint density at radius 3 is 2.38 bits per heavy atom. The molecule has 0 aliphatic heterocycles.